The third kappa shape index (κ3) is 4.37. The minimum Gasteiger partial charge on any atom is -0.357 e. The van der Waals surface area contributed by atoms with Gasteiger partial charge in [-0.25, -0.2) is 4.98 Å². The highest BCUT2D eigenvalue weighted by Crippen LogP contribution is 2.16. The Hall–Kier alpha value is -2.73. The average Bonchev–Trinajstić information content (AvgIpc) is 3.09. The lowest BCUT2D eigenvalue weighted by Crippen LogP contribution is -2.23. The van der Waals surface area contributed by atoms with Crippen LogP contribution in [0.4, 0.5) is 5.13 Å². The van der Waals surface area contributed by atoms with Crippen LogP contribution in [0.15, 0.2) is 60.2 Å². The first-order valence-electron chi connectivity index (χ1n) is 7.22. The minimum atomic E-state index is -0.183. The van der Waals surface area contributed by atoms with Gasteiger partial charge in [0.2, 0.25) is 0 Å². The maximum atomic E-state index is 12.1. The molecule has 0 radical (unpaired) electrons. The molecule has 0 aliphatic carbocycles. The molecular weight excluding hydrogens is 308 g/mol. The second-order valence-electron chi connectivity index (χ2n) is 4.92. The van der Waals surface area contributed by atoms with E-state index in [-0.39, 0.29) is 5.91 Å². The highest BCUT2D eigenvalue weighted by molar-refractivity contribution is 7.13. The maximum Gasteiger partial charge on any atom is 0.271 e. The first-order valence-corrected chi connectivity index (χ1v) is 8.09. The Bertz CT molecular complexity index is 759. The lowest BCUT2D eigenvalue weighted by molar-refractivity contribution is 0.0946. The predicted octanol–water partition coefficient (Wildman–Crippen LogP) is 3.08. The molecule has 5 nitrogen and oxygen atoms in total. The molecule has 2 aromatic heterocycles. The van der Waals surface area contributed by atoms with Gasteiger partial charge < -0.3 is 10.6 Å². The van der Waals surface area contributed by atoms with Gasteiger partial charge >= 0.3 is 0 Å². The molecule has 0 unspecified atom stereocenters. The molecular formula is C17H16N4OS. The number of carbonyl (C=O) groups excluding carboxylic acids is 1. The first-order chi connectivity index (χ1) is 11.3. The van der Waals surface area contributed by atoms with Crippen molar-refractivity contribution in [3.05, 3.63) is 77.1 Å². The van der Waals surface area contributed by atoms with Crippen LogP contribution in [-0.4, -0.2) is 15.9 Å². The molecule has 1 amide bonds. The zero-order chi connectivity index (χ0) is 15.9. The van der Waals surface area contributed by atoms with E-state index in [4.69, 9.17) is 0 Å². The van der Waals surface area contributed by atoms with Crippen LogP contribution in [0, 0.1) is 0 Å². The van der Waals surface area contributed by atoms with Crippen molar-refractivity contribution in [2.75, 3.05) is 5.32 Å². The maximum absolute atomic E-state index is 12.1. The summed E-state index contributed by atoms with van der Waals surface area (Å²) in [6.07, 6.45) is 3.44. The van der Waals surface area contributed by atoms with Crippen molar-refractivity contribution in [1.29, 1.82) is 0 Å². The van der Waals surface area contributed by atoms with E-state index in [0.29, 0.717) is 18.8 Å². The predicted molar refractivity (Wildman–Crippen MR) is 91.3 cm³/mol. The number of rotatable bonds is 6. The number of amides is 1. The van der Waals surface area contributed by atoms with Crippen LogP contribution in [0.5, 0.6) is 0 Å². The molecule has 3 rings (SSSR count). The number of hydrogen-bond donors (Lipinski definition) is 2. The summed E-state index contributed by atoms with van der Waals surface area (Å²) in [6, 6.07) is 13.8. The van der Waals surface area contributed by atoms with Crippen molar-refractivity contribution >= 4 is 22.4 Å². The lowest BCUT2D eigenvalue weighted by atomic mass is 10.2. The zero-order valence-electron chi connectivity index (χ0n) is 12.4. The smallest absolute Gasteiger partial charge is 0.271 e. The van der Waals surface area contributed by atoms with E-state index in [1.54, 1.807) is 17.8 Å². The Balaban J connectivity index is 1.53. The normalized spacial score (nSPS) is 10.3. The zero-order valence-corrected chi connectivity index (χ0v) is 13.2. The van der Waals surface area contributed by atoms with Gasteiger partial charge in [-0.3, -0.25) is 9.78 Å². The molecule has 0 bridgehead atoms. The Morgan fingerprint density at radius 2 is 1.87 bits per heavy atom. The molecule has 2 heterocycles. The molecule has 0 saturated heterocycles. The summed E-state index contributed by atoms with van der Waals surface area (Å²) in [5.74, 6) is -0.183. The largest absolute Gasteiger partial charge is 0.357 e. The van der Waals surface area contributed by atoms with Gasteiger partial charge in [0.05, 0.1) is 0 Å². The number of anilines is 1. The number of nitrogens with one attached hydrogen (secondary N) is 2. The van der Waals surface area contributed by atoms with Crippen LogP contribution in [0.1, 0.15) is 21.6 Å². The summed E-state index contributed by atoms with van der Waals surface area (Å²) in [6.45, 7) is 1.13. The van der Waals surface area contributed by atoms with Gasteiger partial charge in [-0.1, -0.05) is 36.4 Å². The summed E-state index contributed by atoms with van der Waals surface area (Å²) < 4.78 is 0. The highest BCUT2D eigenvalue weighted by Gasteiger charge is 2.10. The van der Waals surface area contributed by atoms with Crippen LogP contribution < -0.4 is 10.6 Å². The molecule has 0 aliphatic rings. The number of pyridine rings is 1. The fraction of sp³-hybridized carbons (Fsp3) is 0.118. The second kappa shape index (κ2) is 7.51. The van der Waals surface area contributed by atoms with Crippen LogP contribution in [-0.2, 0) is 13.1 Å². The van der Waals surface area contributed by atoms with Crippen LogP contribution in [0.25, 0.3) is 0 Å². The third-order valence-electron chi connectivity index (χ3n) is 3.20. The molecule has 6 heteroatoms. The minimum absolute atomic E-state index is 0.183. The van der Waals surface area contributed by atoms with Crippen LogP contribution in [0.3, 0.4) is 0 Å². The van der Waals surface area contributed by atoms with Crippen LogP contribution in [0.2, 0.25) is 0 Å². The molecule has 0 aliphatic heterocycles. The fourth-order valence-corrected chi connectivity index (χ4v) is 2.70. The number of nitrogens with zero attached hydrogens (tertiary/aromatic N) is 2. The van der Waals surface area contributed by atoms with Crippen molar-refractivity contribution in [2.45, 2.75) is 13.1 Å². The third-order valence-corrected chi connectivity index (χ3v) is 4.00. The van der Waals surface area contributed by atoms with Crippen molar-refractivity contribution < 1.29 is 4.79 Å². The van der Waals surface area contributed by atoms with Crippen molar-refractivity contribution in [3.8, 4) is 0 Å². The lowest BCUT2D eigenvalue weighted by Gasteiger charge is -2.03. The van der Waals surface area contributed by atoms with E-state index in [9.17, 15) is 4.79 Å². The quantitative estimate of drug-likeness (QED) is 0.731. The van der Waals surface area contributed by atoms with Gasteiger partial charge in [0.1, 0.15) is 5.69 Å². The van der Waals surface area contributed by atoms with Gasteiger partial charge in [-0.2, -0.15) is 0 Å². The van der Waals surface area contributed by atoms with E-state index in [0.717, 1.165) is 10.7 Å². The molecule has 23 heavy (non-hydrogen) atoms. The van der Waals surface area contributed by atoms with Gasteiger partial charge in [-0.05, 0) is 17.2 Å². The number of hydrogen-bond acceptors (Lipinski definition) is 5. The Morgan fingerprint density at radius 1 is 1.04 bits per heavy atom. The van der Waals surface area contributed by atoms with E-state index < -0.39 is 0 Å². The molecule has 0 spiro atoms. The Labute approximate surface area is 138 Å². The molecule has 0 saturated carbocycles. The second-order valence-corrected chi connectivity index (χ2v) is 5.78. The summed E-state index contributed by atoms with van der Waals surface area (Å²) in [4.78, 5) is 20.4. The van der Waals surface area contributed by atoms with Gasteiger partial charge in [0.15, 0.2) is 5.13 Å². The first kappa shape index (κ1) is 15.2. The van der Waals surface area contributed by atoms with Crippen molar-refractivity contribution in [1.82, 2.24) is 15.3 Å². The van der Waals surface area contributed by atoms with Crippen molar-refractivity contribution in [2.24, 2.45) is 0 Å². The molecule has 116 valence electrons. The summed E-state index contributed by atoms with van der Waals surface area (Å²) in [7, 11) is 0. The Kier molecular flexibility index (Phi) is 4.95. The number of thiazole rings is 1. The topological polar surface area (TPSA) is 66.9 Å². The summed E-state index contributed by atoms with van der Waals surface area (Å²) in [5.41, 5.74) is 2.55. The van der Waals surface area contributed by atoms with E-state index >= 15 is 0 Å². The molecule has 3 aromatic rings. The fourth-order valence-electron chi connectivity index (χ4n) is 2.01. The average molecular weight is 324 g/mol. The highest BCUT2D eigenvalue weighted by atomic mass is 32.1. The molecule has 2 N–H and O–H groups in total. The monoisotopic (exact) mass is 324 g/mol. The number of carbonyl (C=O) groups is 1. The van der Waals surface area contributed by atoms with E-state index in [2.05, 4.69) is 20.6 Å². The van der Waals surface area contributed by atoms with E-state index in [1.165, 1.54) is 16.9 Å². The van der Waals surface area contributed by atoms with Crippen LogP contribution >= 0.6 is 11.3 Å². The number of benzene rings is 1. The Morgan fingerprint density at radius 3 is 2.65 bits per heavy atom. The molecule has 1 aromatic carbocycles. The van der Waals surface area contributed by atoms with E-state index in [1.807, 2.05) is 42.5 Å². The molecule has 0 fully saturated rings. The summed E-state index contributed by atoms with van der Waals surface area (Å²) in [5, 5.41) is 8.56. The van der Waals surface area contributed by atoms with Crippen molar-refractivity contribution in [3.63, 3.8) is 0 Å². The summed E-state index contributed by atoms with van der Waals surface area (Å²) >= 11 is 1.42. The number of aromatic nitrogens is 2. The molecule has 0 atom stereocenters. The van der Waals surface area contributed by atoms with Gasteiger partial charge in [-0.15, -0.1) is 11.3 Å². The van der Waals surface area contributed by atoms with Gasteiger partial charge in [0, 0.05) is 30.9 Å². The standard InChI is InChI=1S/C17H16N4OS/c22-16(19-11-14-7-4-8-18-9-14)15-12-23-17(21-15)20-10-13-5-2-1-3-6-13/h1-9,12H,10-11H2,(H,19,22)(H,20,21). The SMILES string of the molecule is O=C(NCc1cccnc1)c1csc(NCc2ccccc2)n1. The van der Waals surface area contributed by atoms with Gasteiger partial charge in [0.25, 0.3) is 5.91 Å².